The Morgan fingerprint density at radius 2 is 1.88 bits per heavy atom. The molecule has 7 heteroatoms. The highest BCUT2D eigenvalue weighted by Crippen LogP contribution is 2.34. The quantitative estimate of drug-likeness (QED) is 0.628. The molecule has 2 aliphatic rings. The molecule has 2 atom stereocenters. The van der Waals surface area contributed by atoms with E-state index < -0.39 is 6.17 Å². The van der Waals surface area contributed by atoms with E-state index >= 15 is 0 Å². The van der Waals surface area contributed by atoms with Crippen LogP contribution in [-0.4, -0.2) is 41.4 Å². The second-order valence-corrected chi connectivity index (χ2v) is 9.17. The molecule has 0 saturated heterocycles. The number of rotatable bonds is 5. The summed E-state index contributed by atoms with van der Waals surface area (Å²) in [5.74, 6) is -0.264. The number of aliphatic imine (C=N–C) groups is 1. The zero-order valence-electron chi connectivity index (χ0n) is 18.7. The fraction of sp³-hybridized carbons (Fsp3) is 0.269. The monoisotopic (exact) mass is 478 g/mol. The van der Waals surface area contributed by atoms with Crippen LogP contribution in [0.25, 0.3) is 0 Å². The minimum atomic E-state index is -0.824. The summed E-state index contributed by atoms with van der Waals surface area (Å²) in [7, 11) is 1.78. The van der Waals surface area contributed by atoms with E-state index in [1.165, 1.54) is 11.1 Å². The number of thiocarbonyl (C=S) groups is 1. The van der Waals surface area contributed by atoms with Gasteiger partial charge in [-0.15, -0.1) is 0 Å². The van der Waals surface area contributed by atoms with Crippen molar-refractivity contribution in [1.29, 1.82) is 0 Å². The predicted molar refractivity (Wildman–Crippen MR) is 138 cm³/mol. The largest absolute Gasteiger partial charge is 0.362 e. The van der Waals surface area contributed by atoms with Crippen molar-refractivity contribution < 1.29 is 4.79 Å². The SMILES string of the molecule is Cc1ccc(CCNC(=S)NC2N=C(c3ccccc3)C3CC(Cl)=CC=C3N(C)C2=O)cc1. The number of carbonyl (C=O) groups is 1. The highest BCUT2D eigenvalue weighted by Gasteiger charge is 2.36. The fourth-order valence-electron chi connectivity index (χ4n) is 4.07. The third-order valence-corrected chi connectivity index (χ3v) is 6.44. The Labute approximate surface area is 205 Å². The van der Waals surface area contributed by atoms with Crippen LogP contribution in [0.15, 0.2) is 82.5 Å². The number of hydrogen-bond acceptors (Lipinski definition) is 3. The van der Waals surface area contributed by atoms with Gasteiger partial charge >= 0.3 is 0 Å². The van der Waals surface area contributed by atoms with Crippen molar-refractivity contribution in [2.45, 2.75) is 25.9 Å². The van der Waals surface area contributed by atoms with Crippen molar-refractivity contribution in [3.63, 3.8) is 0 Å². The van der Waals surface area contributed by atoms with Gasteiger partial charge in [0.05, 0.1) is 5.71 Å². The molecule has 2 N–H and O–H groups in total. The molecule has 0 aromatic heterocycles. The lowest BCUT2D eigenvalue weighted by Gasteiger charge is -2.28. The molecule has 0 saturated carbocycles. The van der Waals surface area contributed by atoms with Gasteiger partial charge in [-0.3, -0.25) is 9.79 Å². The molecule has 0 bridgehead atoms. The summed E-state index contributed by atoms with van der Waals surface area (Å²) in [4.78, 5) is 19.8. The topological polar surface area (TPSA) is 56.7 Å². The minimum Gasteiger partial charge on any atom is -0.362 e. The van der Waals surface area contributed by atoms with Crippen molar-refractivity contribution >= 4 is 40.6 Å². The summed E-state index contributed by atoms with van der Waals surface area (Å²) in [6, 6.07) is 18.3. The molecule has 2 unspecified atom stereocenters. The number of hydrogen-bond donors (Lipinski definition) is 2. The first-order valence-electron chi connectivity index (χ1n) is 11.0. The van der Waals surface area contributed by atoms with Gasteiger partial charge in [0.15, 0.2) is 5.11 Å². The van der Waals surface area contributed by atoms with Gasteiger partial charge in [0.2, 0.25) is 6.17 Å². The lowest BCUT2D eigenvalue weighted by Crippen LogP contribution is -2.49. The van der Waals surface area contributed by atoms with Crippen LogP contribution in [-0.2, 0) is 11.2 Å². The van der Waals surface area contributed by atoms with Crippen LogP contribution in [0.4, 0.5) is 0 Å². The number of nitrogens with one attached hydrogen (secondary N) is 2. The van der Waals surface area contributed by atoms with Crippen molar-refractivity contribution in [2.75, 3.05) is 13.6 Å². The number of benzene rings is 2. The first kappa shape index (κ1) is 23.2. The van der Waals surface area contributed by atoms with Crippen LogP contribution in [0.1, 0.15) is 23.1 Å². The molecule has 1 heterocycles. The lowest BCUT2D eigenvalue weighted by atomic mass is 9.87. The molecule has 1 amide bonds. The van der Waals surface area contributed by atoms with Crippen LogP contribution in [0.3, 0.4) is 0 Å². The molecule has 2 aromatic carbocycles. The van der Waals surface area contributed by atoms with Gasteiger partial charge in [0, 0.05) is 30.2 Å². The van der Waals surface area contributed by atoms with E-state index in [1.807, 2.05) is 42.5 Å². The van der Waals surface area contributed by atoms with Crippen LogP contribution < -0.4 is 10.6 Å². The maximum absolute atomic E-state index is 13.3. The first-order valence-corrected chi connectivity index (χ1v) is 11.8. The van der Waals surface area contributed by atoms with E-state index in [0.29, 0.717) is 18.1 Å². The molecule has 0 radical (unpaired) electrons. The molecule has 170 valence electrons. The Hall–Kier alpha value is -2.96. The average molecular weight is 479 g/mol. The van der Waals surface area contributed by atoms with E-state index in [1.54, 1.807) is 11.9 Å². The van der Waals surface area contributed by atoms with Gasteiger partial charge in [-0.2, -0.15) is 0 Å². The van der Waals surface area contributed by atoms with E-state index in [2.05, 4.69) is 41.8 Å². The summed E-state index contributed by atoms with van der Waals surface area (Å²) < 4.78 is 0. The van der Waals surface area contributed by atoms with Gasteiger partial charge in [0.25, 0.3) is 5.91 Å². The zero-order valence-corrected chi connectivity index (χ0v) is 20.3. The molecule has 0 fully saturated rings. The van der Waals surface area contributed by atoms with Crippen molar-refractivity contribution in [1.82, 2.24) is 15.5 Å². The second kappa shape index (κ2) is 10.3. The normalized spacial score (nSPS) is 20.2. The molecule has 0 spiro atoms. The van der Waals surface area contributed by atoms with Crippen molar-refractivity contribution in [2.24, 2.45) is 10.9 Å². The van der Waals surface area contributed by atoms with E-state index in [-0.39, 0.29) is 11.8 Å². The third kappa shape index (κ3) is 5.52. The molecule has 5 nitrogen and oxygen atoms in total. The van der Waals surface area contributed by atoms with Crippen molar-refractivity contribution in [3.05, 3.63) is 94.2 Å². The smallest absolute Gasteiger partial charge is 0.271 e. The molecule has 2 aromatic rings. The second-order valence-electron chi connectivity index (χ2n) is 8.28. The maximum atomic E-state index is 13.3. The number of carbonyl (C=O) groups excluding carboxylic acids is 1. The fourth-order valence-corrected chi connectivity index (χ4v) is 4.50. The number of fused-ring (bicyclic) bond motifs is 1. The summed E-state index contributed by atoms with van der Waals surface area (Å²) in [6.45, 7) is 2.73. The molecular weight excluding hydrogens is 452 g/mol. The van der Waals surface area contributed by atoms with Crippen LogP contribution in [0.2, 0.25) is 0 Å². The number of likely N-dealkylation sites (N-methyl/N-ethyl adjacent to an activating group) is 1. The van der Waals surface area contributed by atoms with Crippen LogP contribution in [0, 0.1) is 12.8 Å². The first-order chi connectivity index (χ1) is 15.9. The predicted octanol–water partition coefficient (Wildman–Crippen LogP) is 4.32. The Morgan fingerprint density at radius 3 is 2.61 bits per heavy atom. The number of nitrogens with zero attached hydrogens (tertiary/aromatic N) is 2. The van der Waals surface area contributed by atoms with Gasteiger partial charge < -0.3 is 15.5 Å². The molecule has 1 aliphatic heterocycles. The summed E-state index contributed by atoms with van der Waals surface area (Å²) >= 11 is 11.9. The van der Waals surface area contributed by atoms with Gasteiger partial charge in [0.1, 0.15) is 0 Å². The standard InChI is InChI=1S/C26H27ClN4OS/c1-17-8-10-18(11-9-17)14-15-28-26(33)30-24-25(32)31(2)22-13-12-20(27)16-21(22)23(29-24)19-6-4-3-5-7-19/h3-13,21,24H,14-16H2,1-2H3,(H2,28,30,33). The van der Waals surface area contributed by atoms with Gasteiger partial charge in [-0.1, -0.05) is 71.8 Å². The number of halogens is 1. The van der Waals surface area contributed by atoms with Gasteiger partial charge in [-0.25, -0.2) is 0 Å². The highest BCUT2D eigenvalue weighted by atomic mass is 35.5. The van der Waals surface area contributed by atoms with Crippen LogP contribution >= 0.6 is 23.8 Å². The number of amides is 1. The van der Waals surface area contributed by atoms with E-state index in [0.717, 1.165) is 28.4 Å². The Morgan fingerprint density at radius 1 is 1.15 bits per heavy atom. The summed E-state index contributed by atoms with van der Waals surface area (Å²) in [5.41, 5.74) is 5.14. The van der Waals surface area contributed by atoms with E-state index in [9.17, 15) is 4.79 Å². The Kier molecular flexibility index (Phi) is 7.26. The van der Waals surface area contributed by atoms with Crippen LogP contribution in [0.5, 0.6) is 0 Å². The average Bonchev–Trinajstić information content (AvgIpc) is 2.91. The molecule has 33 heavy (non-hydrogen) atoms. The Bertz CT molecular complexity index is 1120. The molecule has 4 rings (SSSR count). The lowest BCUT2D eigenvalue weighted by molar-refractivity contribution is -0.129. The third-order valence-electron chi connectivity index (χ3n) is 5.90. The Balaban J connectivity index is 1.52. The number of aryl methyl sites for hydroxylation is 1. The molecular formula is C26H27ClN4OS. The van der Waals surface area contributed by atoms with Crippen molar-refractivity contribution in [3.8, 4) is 0 Å². The molecule has 1 aliphatic carbocycles. The minimum absolute atomic E-state index is 0.103. The van der Waals surface area contributed by atoms with E-state index in [4.69, 9.17) is 28.8 Å². The highest BCUT2D eigenvalue weighted by molar-refractivity contribution is 7.80. The summed E-state index contributed by atoms with van der Waals surface area (Å²) in [6.07, 6.45) is 4.37. The number of allylic oxidation sites excluding steroid dienone is 4. The maximum Gasteiger partial charge on any atom is 0.271 e. The van der Waals surface area contributed by atoms with Gasteiger partial charge in [-0.05, 0) is 55.3 Å². The zero-order chi connectivity index (χ0) is 23.4. The summed E-state index contributed by atoms with van der Waals surface area (Å²) in [5, 5.41) is 7.47.